The van der Waals surface area contributed by atoms with Crippen molar-refractivity contribution in [2.45, 2.75) is 39.0 Å². The summed E-state index contributed by atoms with van der Waals surface area (Å²) in [7, 11) is 0. The van der Waals surface area contributed by atoms with Crippen LogP contribution >= 0.6 is 0 Å². The third-order valence-corrected chi connectivity index (χ3v) is 5.97. The summed E-state index contributed by atoms with van der Waals surface area (Å²) in [5.41, 5.74) is 3.70. The molecule has 0 N–H and O–H groups in total. The number of Topliss-reactive ketones (excluding diaryl/α,β-unsaturated/α-hetero) is 1. The standard InChI is InChI=1S/C18H23NO/c1-12(2)13-3-4-16-14(9-13)10-15-11-19-7-5-18(15,6-8-19)17(16)20/h3-4,9,12,15H,5-8,10-11H2,1-2H3. The molecule has 0 amide bonds. The van der Waals surface area contributed by atoms with Crippen LogP contribution in [0, 0.1) is 11.3 Å². The highest BCUT2D eigenvalue weighted by molar-refractivity contribution is 6.03. The molecule has 0 aromatic heterocycles. The average Bonchev–Trinajstić information content (AvgIpc) is 2.47. The fraction of sp³-hybridized carbons (Fsp3) is 0.611. The Labute approximate surface area is 121 Å². The number of carbonyl (C=O) groups is 1. The van der Waals surface area contributed by atoms with Crippen molar-refractivity contribution < 1.29 is 4.79 Å². The molecule has 5 rings (SSSR count). The van der Waals surface area contributed by atoms with Crippen LogP contribution in [0.15, 0.2) is 18.2 Å². The Morgan fingerprint density at radius 2 is 2.00 bits per heavy atom. The number of hydrogen-bond acceptors (Lipinski definition) is 2. The Hall–Kier alpha value is -1.15. The molecule has 1 atom stereocenters. The number of hydrogen-bond donors (Lipinski definition) is 0. The average molecular weight is 269 g/mol. The molecular weight excluding hydrogens is 246 g/mol. The molecule has 1 aromatic rings. The monoisotopic (exact) mass is 269 g/mol. The van der Waals surface area contributed by atoms with Gasteiger partial charge in [0.25, 0.3) is 0 Å². The highest BCUT2D eigenvalue weighted by Gasteiger charge is 2.54. The summed E-state index contributed by atoms with van der Waals surface area (Å²) in [6.45, 7) is 7.84. The second-order valence-corrected chi connectivity index (χ2v) is 7.26. The van der Waals surface area contributed by atoms with Crippen LogP contribution in [-0.2, 0) is 6.42 Å². The number of piperidine rings is 3. The summed E-state index contributed by atoms with van der Waals surface area (Å²) < 4.78 is 0. The van der Waals surface area contributed by atoms with E-state index in [1.54, 1.807) is 0 Å². The van der Waals surface area contributed by atoms with Gasteiger partial charge in [0.05, 0.1) is 0 Å². The molecule has 2 heteroatoms. The molecule has 0 radical (unpaired) electrons. The van der Waals surface area contributed by atoms with Gasteiger partial charge in [0.2, 0.25) is 0 Å². The first kappa shape index (κ1) is 12.6. The van der Waals surface area contributed by atoms with E-state index in [0.717, 1.165) is 44.5 Å². The first-order chi connectivity index (χ1) is 9.60. The van der Waals surface area contributed by atoms with Crippen LogP contribution in [0.1, 0.15) is 54.1 Å². The molecule has 3 fully saturated rings. The summed E-state index contributed by atoms with van der Waals surface area (Å²) in [4.78, 5) is 15.6. The van der Waals surface area contributed by atoms with Crippen molar-refractivity contribution in [2.75, 3.05) is 19.6 Å². The molecule has 3 aliphatic heterocycles. The first-order valence-corrected chi connectivity index (χ1v) is 8.00. The Balaban J connectivity index is 1.80. The second kappa shape index (κ2) is 4.17. The molecule has 3 heterocycles. The molecule has 2 nitrogen and oxygen atoms in total. The Bertz CT molecular complexity index is 567. The number of benzene rings is 1. The molecule has 1 aromatic carbocycles. The summed E-state index contributed by atoms with van der Waals surface area (Å²) in [6.07, 6.45) is 3.28. The van der Waals surface area contributed by atoms with Gasteiger partial charge in [-0.3, -0.25) is 4.79 Å². The van der Waals surface area contributed by atoms with Gasteiger partial charge in [-0.25, -0.2) is 0 Å². The number of ketones is 1. The predicted molar refractivity (Wildman–Crippen MR) is 80.2 cm³/mol. The van der Waals surface area contributed by atoms with E-state index in [1.165, 1.54) is 11.1 Å². The number of nitrogens with zero attached hydrogens (tertiary/aromatic N) is 1. The maximum absolute atomic E-state index is 13.1. The van der Waals surface area contributed by atoms with Gasteiger partial charge in [-0.2, -0.15) is 0 Å². The fourth-order valence-corrected chi connectivity index (χ4v) is 4.60. The van der Waals surface area contributed by atoms with E-state index in [-0.39, 0.29) is 5.41 Å². The van der Waals surface area contributed by atoms with Crippen molar-refractivity contribution in [1.82, 2.24) is 4.90 Å². The van der Waals surface area contributed by atoms with Gasteiger partial charge in [-0.1, -0.05) is 32.0 Å². The van der Waals surface area contributed by atoms with Gasteiger partial charge in [-0.15, -0.1) is 0 Å². The Morgan fingerprint density at radius 3 is 2.70 bits per heavy atom. The van der Waals surface area contributed by atoms with Crippen LogP contribution in [0.4, 0.5) is 0 Å². The molecule has 2 bridgehead atoms. The minimum absolute atomic E-state index is 0.0128. The zero-order valence-electron chi connectivity index (χ0n) is 12.5. The van der Waals surface area contributed by atoms with Crippen LogP contribution in [0.3, 0.4) is 0 Å². The number of fused-ring (bicyclic) bond motifs is 3. The molecule has 1 unspecified atom stereocenters. The van der Waals surface area contributed by atoms with E-state index >= 15 is 0 Å². The van der Waals surface area contributed by atoms with E-state index in [4.69, 9.17) is 0 Å². The Morgan fingerprint density at radius 1 is 1.25 bits per heavy atom. The molecule has 3 saturated heterocycles. The van der Waals surface area contributed by atoms with E-state index in [1.807, 2.05) is 0 Å². The van der Waals surface area contributed by atoms with E-state index in [2.05, 4.69) is 36.9 Å². The molecule has 1 aliphatic carbocycles. The minimum Gasteiger partial charge on any atom is -0.303 e. The van der Waals surface area contributed by atoms with Crippen LogP contribution in [0.5, 0.6) is 0 Å². The summed E-state index contributed by atoms with van der Waals surface area (Å²) in [5.74, 6) is 1.56. The van der Waals surface area contributed by atoms with Crippen molar-refractivity contribution in [3.05, 3.63) is 34.9 Å². The minimum atomic E-state index is -0.0128. The van der Waals surface area contributed by atoms with Gasteiger partial charge in [0.1, 0.15) is 0 Å². The SMILES string of the molecule is CC(C)c1ccc2c(c1)CC1CN3CCC1(CC3)C2=O. The van der Waals surface area contributed by atoms with Gasteiger partial charge in [0.15, 0.2) is 5.78 Å². The third kappa shape index (κ3) is 1.57. The van der Waals surface area contributed by atoms with Gasteiger partial charge in [-0.05, 0) is 55.3 Å². The molecule has 1 spiro atoms. The quantitative estimate of drug-likeness (QED) is 0.780. The summed E-state index contributed by atoms with van der Waals surface area (Å²) in [6, 6.07) is 6.57. The number of carbonyl (C=O) groups excluding carboxylic acids is 1. The lowest BCUT2D eigenvalue weighted by atomic mass is 9.56. The largest absolute Gasteiger partial charge is 0.303 e. The van der Waals surface area contributed by atoms with E-state index in [0.29, 0.717) is 17.6 Å². The molecule has 20 heavy (non-hydrogen) atoms. The van der Waals surface area contributed by atoms with E-state index < -0.39 is 0 Å². The Kier molecular flexibility index (Phi) is 2.62. The normalized spacial score (nSPS) is 35.0. The lowest BCUT2D eigenvalue weighted by Gasteiger charge is -2.55. The highest BCUT2D eigenvalue weighted by atomic mass is 16.1. The van der Waals surface area contributed by atoms with Crippen molar-refractivity contribution in [1.29, 1.82) is 0 Å². The van der Waals surface area contributed by atoms with Crippen LogP contribution < -0.4 is 0 Å². The zero-order valence-corrected chi connectivity index (χ0v) is 12.5. The maximum Gasteiger partial charge on any atom is 0.169 e. The van der Waals surface area contributed by atoms with Gasteiger partial charge < -0.3 is 4.90 Å². The maximum atomic E-state index is 13.1. The van der Waals surface area contributed by atoms with Crippen LogP contribution in [-0.4, -0.2) is 30.3 Å². The van der Waals surface area contributed by atoms with Gasteiger partial charge >= 0.3 is 0 Å². The molecule has 4 aliphatic rings. The summed E-state index contributed by atoms with van der Waals surface area (Å²) in [5, 5.41) is 0. The van der Waals surface area contributed by atoms with Crippen LogP contribution in [0.25, 0.3) is 0 Å². The lowest BCUT2D eigenvalue weighted by molar-refractivity contribution is -0.0218. The molecule has 0 saturated carbocycles. The predicted octanol–water partition coefficient (Wildman–Crippen LogP) is 3.26. The molecule has 106 valence electrons. The summed E-state index contributed by atoms with van der Waals surface area (Å²) >= 11 is 0. The van der Waals surface area contributed by atoms with Gasteiger partial charge in [0, 0.05) is 17.5 Å². The number of rotatable bonds is 1. The topological polar surface area (TPSA) is 20.3 Å². The lowest BCUT2D eigenvalue weighted by Crippen LogP contribution is -2.60. The smallest absolute Gasteiger partial charge is 0.169 e. The van der Waals surface area contributed by atoms with Crippen LogP contribution in [0.2, 0.25) is 0 Å². The molecular formula is C18H23NO. The third-order valence-electron chi connectivity index (χ3n) is 5.97. The van der Waals surface area contributed by atoms with Crippen molar-refractivity contribution in [3.63, 3.8) is 0 Å². The second-order valence-electron chi connectivity index (χ2n) is 7.26. The highest BCUT2D eigenvalue weighted by Crippen LogP contribution is 2.51. The van der Waals surface area contributed by atoms with E-state index in [9.17, 15) is 4.79 Å². The fourth-order valence-electron chi connectivity index (χ4n) is 4.60. The zero-order chi connectivity index (χ0) is 13.9. The van der Waals surface area contributed by atoms with Crippen molar-refractivity contribution >= 4 is 5.78 Å². The van der Waals surface area contributed by atoms with Crippen molar-refractivity contribution in [3.8, 4) is 0 Å². The van der Waals surface area contributed by atoms with Crippen molar-refractivity contribution in [2.24, 2.45) is 11.3 Å². The first-order valence-electron chi connectivity index (χ1n) is 8.00.